The fraction of sp³-hybridized carbons (Fsp3) is 0.615. The third-order valence-electron chi connectivity index (χ3n) is 3.43. The quantitative estimate of drug-likeness (QED) is 0.533. The highest BCUT2D eigenvalue weighted by Crippen LogP contribution is 2.29. The van der Waals surface area contributed by atoms with Gasteiger partial charge in [-0.15, -0.1) is 0 Å². The van der Waals surface area contributed by atoms with Crippen molar-refractivity contribution in [2.45, 2.75) is 32.6 Å². The second-order valence-electron chi connectivity index (χ2n) is 4.53. The van der Waals surface area contributed by atoms with Gasteiger partial charge in [0.2, 0.25) is 15.8 Å². The third-order valence-corrected chi connectivity index (χ3v) is 5.44. The Morgan fingerprint density at radius 1 is 1.14 bits per heavy atom. The molecule has 0 aromatic carbocycles. The van der Waals surface area contributed by atoms with Crippen molar-refractivity contribution < 1.29 is 13.3 Å². The Kier molecular flexibility index (Phi) is 6.24. The van der Waals surface area contributed by atoms with E-state index in [4.69, 9.17) is 0 Å². The normalized spacial score (nSPS) is 11.7. The number of sulfonamides is 1. The van der Waals surface area contributed by atoms with Gasteiger partial charge in [-0.3, -0.25) is 10.1 Å². The molecule has 22 heavy (non-hydrogen) atoms. The minimum Gasteiger partial charge on any atom is -0.351 e. The van der Waals surface area contributed by atoms with E-state index < -0.39 is 14.9 Å². The first-order chi connectivity index (χ1) is 10.3. The van der Waals surface area contributed by atoms with E-state index in [0.717, 1.165) is 6.07 Å². The molecule has 0 spiro atoms. The molecule has 0 saturated carbocycles. The SMILES string of the molecule is CCN(CC)c1ncc(S(=O)(=O)N(CC)CC)cc1[N+](=O)[O-]. The van der Waals surface area contributed by atoms with E-state index in [9.17, 15) is 18.5 Å². The molecule has 0 aliphatic heterocycles. The van der Waals surface area contributed by atoms with Crippen molar-refractivity contribution in [2.75, 3.05) is 31.1 Å². The number of nitrogens with zero attached hydrogens (tertiary/aromatic N) is 4. The summed E-state index contributed by atoms with van der Waals surface area (Å²) in [5, 5.41) is 11.3. The molecule has 9 heteroatoms. The molecule has 0 aliphatic carbocycles. The van der Waals surface area contributed by atoms with E-state index in [2.05, 4.69) is 4.98 Å². The van der Waals surface area contributed by atoms with Crippen LogP contribution in [-0.4, -0.2) is 48.8 Å². The van der Waals surface area contributed by atoms with E-state index >= 15 is 0 Å². The lowest BCUT2D eigenvalue weighted by molar-refractivity contribution is -0.384. The first-order valence-corrected chi connectivity index (χ1v) is 8.66. The predicted molar refractivity (Wildman–Crippen MR) is 84.6 cm³/mol. The summed E-state index contributed by atoms with van der Waals surface area (Å²) in [7, 11) is -3.77. The van der Waals surface area contributed by atoms with Crippen LogP contribution in [0.5, 0.6) is 0 Å². The van der Waals surface area contributed by atoms with Crippen molar-refractivity contribution in [2.24, 2.45) is 0 Å². The summed E-state index contributed by atoms with van der Waals surface area (Å²) in [6, 6.07) is 1.09. The Hall–Kier alpha value is -1.74. The Balaban J connectivity index is 3.44. The summed E-state index contributed by atoms with van der Waals surface area (Å²) in [4.78, 5) is 16.3. The fourth-order valence-corrected chi connectivity index (χ4v) is 3.61. The van der Waals surface area contributed by atoms with E-state index in [1.165, 1.54) is 10.5 Å². The number of pyridine rings is 1. The van der Waals surface area contributed by atoms with E-state index in [1.54, 1.807) is 18.7 Å². The van der Waals surface area contributed by atoms with Crippen molar-refractivity contribution >= 4 is 21.5 Å². The van der Waals surface area contributed by atoms with Gasteiger partial charge in [0.25, 0.3) is 0 Å². The molecule has 1 aromatic rings. The van der Waals surface area contributed by atoms with Crippen LogP contribution in [0, 0.1) is 10.1 Å². The number of hydrogen-bond acceptors (Lipinski definition) is 6. The Morgan fingerprint density at radius 2 is 1.68 bits per heavy atom. The molecule has 8 nitrogen and oxygen atoms in total. The second-order valence-corrected chi connectivity index (χ2v) is 6.47. The lowest BCUT2D eigenvalue weighted by Crippen LogP contribution is -2.31. The highest BCUT2D eigenvalue weighted by molar-refractivity contribution is 7.89. The van der Waals surface area contributed by atoms with Crippen molar-refractivity contribution in [3.05, 3.63) is 22.4 Å². The van der Waals surface area contributed by atoms with Crippen LogP contribution in [0.4, 0.5) is 11.5 Å². The molecule has 0 bridgehead atoms. The van der Waals surface area contributed by atoms with Crippen molar-refractivity contribution in [1.29, 1.82) is 0 Å². The maximum absolute atomic E-state index is 12.4. The molecule has 0 radical (unpaired) electrons. The van der Waals surface area contributed by atoms with Gasteiger partial charge in [-0.25, -0.2) is 13.4 Å². The van der Waals surface area contributed by atoms with Crippen LogP contribution in [0.1, 0.15) is 27.7 Å². The van der Waals surface area contributed by atoms with Crippen LogP contribution in [0.15, 0.2) is 17.2 Å². The van der Waals surface area contributed by atoms with Crippen molar-refractivity contribution in [3.63, 3.8) is 0 Å². The first-order valence-electron chi connectivity index (χ1n) is 7.22. The van der Waals surface area contributed by atoms with Crippen LogP contribution in [0.2, 0.25) is 0 Å². The minimum atomic E-state index is -3.77. The molecule has 0 aliphatic rings. The monoisotopic (exact) mass is 330 g/mol. The van der Waals surface area contributed by atoms with Crippen LogP contribution < -0.4 is 4.90 Å². The smallest absolute Gasteiger partial charge is 0.312 e. The average Bonchev–Trinajstić information content (AvgIpc) is 2.49. The zero-order valence-corrected chi connectivity index (χ0v) is 14.1. The van der Waals surface area contributed by atoms with Gasteiger partial charge in [0.15, 0.2) is 0 Å². The van der Waals surface area contributed by atoms with Gasteiger partial charge < -0.3 is 4.90 Å². The summed E-state index contributed by atoms with van der Waals surface area (Å²) < 4.78 is 26.1. The molecule has 0 unspecified atom stereocenters. The minimum absolute atomic E-state index is 0.154. The lowest BCUT2D eigenvalue weighted by Gasteiger charge is -2.21. The summed E-state index contributed by atoms with van der Waals surface area (Å²) in [6.07, 6.45) is 1.19. The van der Waals surface area contributed by atoms with Crippen LogP contribution in [-0.2, 0) is 10.0 Å². The van der Waals surface area contributed by atoms with Gasteiger partial charge in [0, 0.05) is 38.4 Å². The topological polar surface area (TPSA) is 96.7 Å². The predicted octanol–water partition coefficient (Wildman–Crippen LogP) is 1.87. The maximum atomic E-state index is 12.4. The van der Waals surface area contributed by atoms with Gasteiger partial charge in [0.1, 0.15) is 4.90 Å². The van der Waals surface area contributed by atoms with Crippen LogP contribution in [0.3, 0.4) is 0 Å². The average molecular weight is 330 g/mol. The van der Waals surface area contributed by atoms with Crippen molar-refractivity contribution in [1.82, 2.24) is 9.29 Å². The molecular formula is C13H22N4O4S. The number of rotatable bonds is 8. The number of hydrogen-bond donors (Lipinski definition) is 0. The highest BCUT2D eigenvalue weighted by atomic mass is 32.2. The molecule has 1 heterocycles. The Labute approximate surface area is 131 Å². The maximum Gasteiger partial charge on any atom is 0.312 e. The van der Waals surface area contributed by atoms with Crippen molar-refractivity contribution in [3.8, 4) is 0 Å². The Bertz CT molecular complexity index is 625. The molecular weight excluding hydrogens is 308 g/mol. The van der Waals surface area contributed by atoms with Gasteiger partial charge >= 0.3 is 5.69 Å². The second kappa shape index (κ2) is 7.50. The lowest BCUT2D eigenvalue weighted by atomic mass is 10.3. The standard InChI is InChI=1S/C13H22N4O4S/c1-5-15(6-2)13-12(17(18)19)9-11(10-14-13)22(20,21)16(7-3)8-4/h9-10H,5-8H2,1-4H3. The summed E-state index contributed by atoms with van der Waals surface area (Å²) in [6.45, 7) is 8.83. The molecule has 0 fully saturated rings. The van der Waals surface area contributed by atoms with Gasteiger partial charge in [-0.1, -0.05) is 13.8 Å². The van der Waals surface area contributed by atoms with Crippen LogP contribution >= 0.6 is 0 Å². The number of nitro groups is 1. The summed E-state index contributed by atoms with van der Waals surface area (Å²) in [5.41, 5.74) is -0.295. The largest absolute Gasteiger partial charge is 0.351 e. The fourth-order valence-electron chi connectivity index (χ4n) is 2.18. The number of aromatic nitrogens is 1. The van der Waals surface area contributed by atoms with Gasteiger partial charge in [-0.05, 0) is 13.8 Å². The third kappa shape index (κ3) is 3.53. The highest BCUT2D eigenvalue weighted by Gasteiger charge is 2.27. The molecule has 0 N–H and O–H groups in total. The van der Waals surface area contributed by atoms with E-state index in [0.29, 0.717) is 26.2 Å². The van der Waals surface area contributed by atoms with E-state index in [-0.39, 0.29) is 16.4 Å². The molecule has 124 valence electrons. The molecule has 1 aromatic heterocycles. The molecule has 0 atom stereocenters. The zero-order valence-electron chi connectivity index (χ0n) is 13.3. The zero-order chi connectivity index (χ0) is 16.9. The molecule has 1 rings (SSSR count). The van der Waals surface area contributed by atoms with Crippen LogP contribution in [0.25, 0.3) is 0 Å². The summed E-state index contributed by atoms with van der Waals surface area (Å²) in [5.74, 6) is 0.188. The summed E-state index contributed by atoms with van der Waals surface area (Å²) >= 11 is 0. The van der Waals surface area contributed by atoms with E-state index in [1.807, 2.05) is 13.8 Å². The van der Waals surface area contributed by atoms with Gasteiger partial charge in [0.05, 0.1) is 4.92 Å². The van der Waals surface area contributed by atoms with Gasteiger partial charge in [-0.2, -0.15) is 4.31 Å². The first kappa shape index (κ1) is 18.3. The molecule has 0 saturated heterocycles. The molecule has 0 amide bonds. The number of anilines is 1. The Morgan fingerprint density at radius 3 is 2.09 bits per heavy atom.